The molecule has 1 N–H and O–H groups in total. The van der Waals surface area contributed by atoms with Gasteiger partial charge in [0.15, 0.2) is 0 Å². The normalized spacial score (nSPS) is 10.1. The Morgan fingerprint density at radius 1 is 1.21 bits per heavy atom. The monoisotopic (exact) mass is 262 g/mol. The van der Waals surface area contributed by atoms with Crippen LogP contribution in [0.25, 0.3) is 0 Å². The summed E-state index contributed by atoms with van der Waals surface area (Å²) >= 11 is 0. The summed E-state index contributed by atoms with van der Waals surface area (Å²) in [4.78, 5) is 0. The molecule has 0 heterocycles. The first-order valence-electron chi connectivity index (χ1n) is 6.63. The first kappa shape index (κ1) is 15.6. The van der Waals surface area contributed by atoms with E-state index in [-0.39, 0.29) is 6.61 Å². The third kappa shape index (κ3) is 6.85. The van der Waals surface area contributed by atoms with Crippen LogP contribution in [0.3, 0.4) is 0 Å². The Kier molecular flexibility index (Phi) is 7.72. The molecule has 0 saturated heterocycles. The molecule has 104 valence electrons. The SMILES string of the molecule is CC(C)COCCOc1ccccc1C#CCCO. The molecule has 3 nitrogen and oxygen atoms in total. The number of aliphatic hydroxyl groups is 1. The highest BCUT2D eigenvalue weighted by Gasteiger charge is 2.00. The second-order valence-electron chi connectivity index (χ2n) is 4.59. The minimum absolute atomic E-state index is 0.0824. The van der Waals surface area contributed by atoms with Crippen LogP contribution in [0, 0.1) is 17.8 Å². The van der Waals surface area contributed by atoms with Crippen LogP contribution in [0.15, 0.2) is 24.3 Å². The number of ether oxygens (including phenoxy) is 2. The van der Waals surface area contributed by atoms with Crippen molar-refractivity contribution in [1.29, 1.82) is 0 Å². The van der Waals surface area contributed by atoms with Gasteiger partial charge in [-0.05, 0) is 18.1 Å². The van der Waals surface area contributed by atoms with Crippen molar-refractivity contribution < 1.29 is 14.6 Å². The van der Waals surface area contributed by atoms with Crippen LogP contribution in [0.4, 0.5) is 0 Å². The summed E-state index contributed by atoms with van der Waals surface area (Å²) < 4.78 is 11.1. The van der Waals surface area contributed by atoms with Gasteiger partial charge in [0.05, 0.1) is 18.8 Å². The van der Waals surface area contributed by atoms with E-state index < -0.39 is 0 Å². The first-order valence-corrected chi connectivity index (χ1v) is 6.63. The van der Waals surface area contributed by atoms with E-state index in [9.17, 15) is 0 Å². The van der Waals surface area contributed by atoms with Gasteiger partial charge < -0.3 is 14.6 Å². The summed E-state index contributed by atoms with van der Waals surface area (Å²) in [5, 5.41) is 8.71. The third-order valence-electron chi connectivity index (χ3n) is 2.28. The lowest BCUT2D eigenvalue weighted by Crippen LogP contribution is -2.10. The topological polar surface area (TPSA) is 38.7 Å². The highest BCUT2D eigenvalue weighted by molar-refractivity contribution is 5.45. The van der Waals surface area contributed by atoms with Crippen molar-refractivity contribution in [1.82, 2.24) is 0 Å². The van der Waals surface area contributed by atoms with Gasteiger partial charge in [0.25, 0.3) is 0 Å². The second-order valence-corrected chi connectivity index (χ2v) is 4.59. The number of hydrogen-bond donors (Lipinski definition) is 1. The van der Waals surface area contributed by atoms with E-state index in [0.717, 1.165) is 17.9 Å². The number of rotatable bonds is 7. The van der Waals surface area contributed by atoms with Gasteiger partial charge in [-0.25, -0.2) is 0 Å². The molecule has 0 atom stereocenters. The number of aliphatic hydroxyl groups excluding tert-OH is 1. The molecule has 0 amide bonds. The molecule has 0 unspecified atom stereocenters. The summed E-state index contributed by atoms with van der Waals surface area (Å²) in [6.45, 7) is 6.17. The molecule has 0 radical (unpaired) electrons. The van der Waals surface area contributed by atoms with Crippen molar-refractivity contribution in [2.75, 3.05) is 26.4 Å². The summed E-state index contributed by atoms with van der Waals surface area (Å²) in [5.74, 6) is 7.20. The Morgan fingerprint density at radius 2 is 2.00 bits per heavy atom. The summed E-state index contributed by atoms with van der Waals surface area (Å²) in [5.41, 5.74) is 0.847. The van der Waals surface area contributed by atoms with E-state index in [1.807, 2.05) is 24.3 Å². The van der Waals surface area contributed by atoms with Crippen LogP contribution in [0.2, 0.25) is 0 Å². The largest absolute Gasteiger partial charge is 0.490 e. The van der Waals surface area contributed by atoms with Crippen LogP contribution in [0.5, 0.6) is 5.75 Å². The average Bonchev–Trinajstić information content (AvgIpc) is 2.40. The lowest BCUT2D eigenvalue weighted by atomic mass is 10.2. The van der Waals surface area contributed by atoms with Gasteiger partial charge in [-0.2, -0.15) is 0 Å². The van der Waals surface area contributed by atoms with Crippen molar-refractivity contribution in [3.05, 3.63) is 29.8 Å². The maximum absolute atomic E-state index is 8.71. The Bertz CT molecular complexity index is 415. The molecule has 1 aromatic rings. The summed E-state index contributed by atoms with van der Waals surface area (Å²) in [6, 6.07) is 7.65. The molecule has 0 aliphatic rings. The fourth-order valence-corrected chi connectivity index (χ4v) is 1.44. The van der Waals surface area contributed by atoms with Crippen molar-refractivity contribution in [2.24, 2.45) is 5.92 Å². The standard InChI is InChI=1S/C16H22O3/c1-14(2)13-18-11-12-19-16-9-4-3-7-15(16)8-5-6-10-17/h3-4,7,9,14,17H,6,10-13H2,1-2H3. The van der Waals surface area contributed by atoms with Gasteiger partial charge in [0.2, 0.25) is 0 Å². The van der Waals surface area contributed by atoms with Gasteiger partial charge in [-0.15, -0.1) is 0 Å². The van der Waals surface area contributed by atoms with Crippen LogP contribution in [-0.4, -0.2) is 31.5 Å². The fourth-order valence-electron chi connectivity index (χ4n) is 1.44. The Hall–Kier alpha value is -1.50. The summed E-state index contributed by atoms with van der Waals surface area (Å²) in [6.07, 6.45) is 0.478. The quantitative estimate of drug-likeness (QED) is 0.606. The fraction of sp³-hybridized carbons (Fsp3) is 0.500. The third-order valence-corrected chi connectivity index (χ3v) is 2.28. The Morgan fingerprint density at radius 3 is 2.74 bits per heavy atom. The van der Waals surface area contributed by atoms with Crippen LogP contribution >= 0.6 is 0 Å². The van der Waals surface area contributed by atoms with E-state index in [1.165, 1.54) is 0 Å². The van der Waals surface area contributed by atoms with Crippen molar-refractivity contribution >= 4 is 0 Å². The molecule has 19 heavy (non-hydrogen) atoms. The molecule has 0 aromatic heterocycles. The second kappa shape index (κ2) is 9.43. The zero-order chi connectivity index (χ0) is 13.9. The van der Waals surface area contributed by atoms with E-state index in [4.69, 9.17) is 14.6 Å². The molecule has 1 rings (SSSR count). The van der Waals surface area contributed by atoms with E-state index in [2.05, 4.69) is 25.7 Å². The van der Waals surface area contributed by atoms with E-state index in [0.29, 0.717) is 25.6 Å². The van der Waals surface area contributed by atoms with Gasteiger partial charge in [-0.3, -0.25) is 0 Å². The zero-order valence-electron chi connectivity index (χ0n) is 11.7. The molecule has 3 heteroatoms. The lowest BCUT2D eigenvalue weighted by Gasteiger charge is -2.09. The average molecular weight is 262 g/mol. The first-order chi connectivity index (χ1) is 9.24. The molecular formula is C16H22O3. The number of benzene rings is 1. The van der Waals surface area contributed by atoms with Crippen LogP contribution < -0.4 is 4.74 Å². The lowest BCUT2D eigenvalue weighted by molar-refractivity contribution is 0.0818. The van der Waals surface area contributed by atoms with Gasteiger partial charge in [0, 0.05) is 13.0 Å². The molecular weight excluding hydrogens is 240 g/mol. The molecule has 0 spiro atoms. The summed E-state index contributed by atoms with van der Waals surface area (Å²) in [7, 11) is 0. The molecule has 0 aliphatic carbocycles. The van der Waals surface area contributed by atoms with Crippen molar-refractivity contribution in [3.8, 4) is 17.6 Å². The van der Waals surface area contributed by atoms with E-state index >= 15 is 0 Å². The molecule has 0 aliphatic heterocycles. The number of para-hydroxylation sites is 1. The zero-order valence-corrected chi connectivity index (χ0v) is 11.7. The molecule has 0 bridgehead atoms. The predicted molar refractivity (Wildman–Crippen MR) is 76.2 cm³/mol. The Labute approximate surface area is 115 Å². The molecule has 1 aromatic carbocycles. The smallest absolute Gasteiger partial charge is 0.135 e. The van der Waals surface area contributed by atoms with Gasteiger partial charge in [0.1, 0.15) is 12.4 Å². The minimum Gasteiger partial charge on any atom is -0.490 e. The van der Waals surface area contributed by atoms with Crippen LogP contribution in [0.1, 0.15) is 25.8 Å². The van der Waals surface area contributed by atoms with Crippen molar-refractivity contribution in [2.45, 2.75) is 20.3 Å². The highest BCUT2D eigenvalue weighted by Crippen LogP contribution is 2.16. The highest BCUT2D eigenvalue weighted by atomic mass is 16.5. The van der Waals surface area contributed by atoms with Crippen LogP contribution in [-0.2, 0) is 4.74 Å². The predicted octanol–water partition coefficient (Wildman–Crippen LogP) is 2.47. The maximum atomic E-state index is 8.71. The van der Waals surface area contributed by atoms with E-state index in [1.54, 1.807) is 0 Å². The maximum Gasteiger partial charge on any atom is 0.135 e. The van der Waals surface area contributed by atoms with Gasteiger partial charge >= 0.3 is 0 Å². The minimum atomic E-state index is 0.0824. The molecule has 0 fully saturated rings. The Balaban J connectivity index is 2.43. The van der Waals surface area contributed by atoms with Gasteiger partial charge in [-0.1, -0.05) is 37.8 Å². The van der Waals surface area contributed by atoms with Crippen molar-refractivity contribution in [3.63, 3.8) is 0 Å². The number of hydrogen-bond acceptors (Lipinski definition) is 3. The molecule has 0 saturated carbocycles.